The molecule has 1 aromatic carbocycles. The van der Waals surface area contributed by atoms with E-state index in [0.29, 0.717) is 0 Å². The van der Waals surface area contributed by atoms with Crippen molar-refractivity contribution < 1.29 is 9.53 Å². The number of esters is 1. The van der Waals surface area contributed by atoms with Crippen molar-refractivity contribution in [2.24, 2.45) is 5.92 Å². The number of carbonyl (C=O) groups excluding carboxylic acids is 1. The van der Waals surface area contributed by atoms with Gasteiger partial charge >= 0.3 is 5.97 Å². The molecule has 27 heavy (non-hydrogen) atoms. The van der Waals surface area contributed by atoms with Gasteiger partial charge < -0.3 is 4.74 Å². The van der Waals surface area contributed by atoms with Crippen molar-refractivity contribution in [1.29, 1.82) is 0 Å². The number of hydrogen-bond acceptors (Lipinski definition) is 2. The van der Waals surface area contributed by atoms with Gasteiger partial charge in [0.15, 0.2) is 0 Å². The minimum absolute atomic E-state index is 0.113. The summed E-state index contributed by atoms with van der Waals surface area (Å²) < 4.78 is 5.67. The summed E-state index contributed by atoms with van der Waals surface area (Å²) in [5, 5.41) is 0. The van der Waals surface area contributed by atoms with Crippen molar-refractivity contribution in [3.8, 4) is 0 Å². The van der Waals surface area contributed by atoms with E-state index in [9.17, 15) is 4.79 Å². The second-order valence-corrected chi connectivity index (χ2v) is 8.45. The van der Waals surface area contributed by atoms with Crippen LogP contribution in [-0.2, 0) is 9.53 Å². The fraction of sp³-hybridized carbons (Fsp3) is 0.240. The molecule has 1 atom stereocenters. The van der Waals surface area contributed by atoms with Crippen molar-refractivity contribution in [3.05, 3.63) is 88.6 Å². The Kier molecular flexibility index (Phi) is 3.36. The largest absolute Gasteiger partial charge is 0.459 e. The third-order valence-corrected chi connectivity index (χ3v) is 5.43. The third-order valence-electron chi connectivity index (χ3n) is 5.43. The van der Waals surface area contributed by atoms with Crippen molar-refractivity contribution in [1.82, 2.24) is 0 Å². The minimum Gasteiger partial charge on any atom is -0.459 e. The number of carbonyl (C=O) groups is 1. The first-order valence-electron chi connectivity index (χ1n) is 9.50. The lowest BCUT2D eigenvalue weighted by molar-refractivity contribution is -0.155. The van der Waals surface area contributed by atoms with E-state index in [1.807, 2.05) is 20.8 Å². The van der Waals surface area contributed by atoms with Crippen LogP contribution >= 0.6 is 0 Å². The smallest absolute Gasteiger partial charge is 0.318 e. The number of hydrogen-bond donors (Lipinski definition) is 0. The van der Waals surface area contributed by atoms with Crippen LogP contribution in [0.5, 0.6) is 0 Å². The van der Waals surface area contributed by atoms with Gasteiger partial charge in [-0.15, -0.1) is 0 Å². The molecule has 0 radical (unpaired) electrons. The fourth-order valence-electron chi connectivity index (χ4n) is 4.34. The fourth-order valence-corrected chi connectivity index (χ4v) is 4.34. The van der Waals surface area contributed by atoms with E-state index in [1.54, 1.807) is 0 Å². The van der Waals surface area contributed by atoms with E-state index < -0.39 is 5.60 Å². The van der Waals surface area contributed by atoms with Gasteiger partial charge in [0.2, 0.25) is 0 Å². The van der Waals surface area contributed by atoms with Crippen molar-refractivity contribution >= 4 is 22.7 Å². The van der Waals surface area contributed by atoms with Gasteiger partial charge in [-0.1, -0.05) is 60.7 Å². The molecule has 2 nitrogen and oxygen atoms in total. The maximum Gasteiger partial charge on any atom is 0.318 e. The number of benzene rings is 1. The van der Waals surface area contributed by atoms with Crippen LogP contribution in [0.4, 0.5) is 0 Å². The molecule has 0 bridgehead atoms. The summed E-state index contributed by atoms with van der Waals surface area (Å²) >= 11 is 0. The summed E-state index contributed by atoms with van der Waals surface area (Å²) in [7, 11) is 0. The number of ether oxygens (including phenoxy) is 1. The Morgan fingerprint density at radius 3 is 2.67 bits per heavy atom. The van der Waals surface area contributed by atoms with Crippen LogP contribution in [0.25, 0.3) is 16.7 Å². The molecule has 5 rings (SSSR count). The lowest BCUT2D eigenvalue weighted by Crippen LogP contribution is -2.25. The lowest BCUT2D eigenvalue weighted by atomic mass is 9.85. The highest BCUT2D eigenvalue weighted by Gasteiger charge is 2.49. The summed E-state index contributed by atoms with van der Waals surface area (Å²) in [5.74, 6) is -0.284. The summed E-state index contributed by atoms with van der Waals surface area (Å²) in [6.07, 6.45) is 15.8. The molecule has 0 aromatic heterocycles. The maximum absolute atomic E-state index is 12.7. The molecule has 1 unspecified atom stereocenters. The summed E-state index contributed by atoms with van der Waals surface area (Å²) in [4.78, 5) is 12.7. The molecule has 2 heteroatoms. The minimum atomic E-state index is -0.458. The Hall–Kier alpha value is -2.87. The van der Waals surface area contributed by atoms with E-state index in [4.69, 9.17) is 4.74 Å². The molecular weight excluding hydrogens is 332 g/mol. The van der Waals surface area contributed by atoms with Gasteiger partial charge in [-0.05, 0) is 71.7 Å². The molecule has 4 aliphatic rings. The zero-order valence-corrected chi connectivity index (χ0v) is 15.9. The average Bonchev–Trinajstić information content (AvgIpc) is 3.37. The van der Waals surface area contributed by atoms with Crippen molar-refractivity contribution in [2.45, 2.75) is 32.8 Å². The van der Waals surface area contributed by atoms with Gasteiger partial charge in [0.25, 0.3) is 0 Å². The molecule has 0 spiro atoms. The highest BCUT2D eigenvalue weighted by atomic mass is 16.6. The highest BCUT2D eigenvalue weighted by Crippen LogP contribution is 2.59. The van der Waals surface area contributed by atoms with E-state index in [-0.39, 0.29) is 11.9 Å². The van der Waals surface area contributed by atoms with Gasteiger partial charge in [-0.3, -0.25) is 4.79 Å². The summed E-state index contributed by atoms with van der Waals surface area (Å²) in [6, 6.07) is 6.45. The van der Waals surface area contributed by atoms with Crippen LogP contribution < -0.4 is 0 Å². The summed E-state index contributed by atoms with van der Waals surface area (Å²) in [5.41, 5.74) is 9.44. The van der Waals surface area contributed by atoms with E-state index in [1.165, 1.54) is 44.6 Å². The number of fused-ring (bicyclic) bond motifs is 3. The topological polar surface area (TPSA) is 26.3 Å². The Morgan fingerprint density at radius 1 is 1.04 bits per heavy atom. The third kappa shape index (κ3) is 2.59. The zero-order valence-electron chi connectivity index (χ0n) is 15.9. The van der Waals surface area contributed by atoms with Crippen LogP contribution in [0.2, 0.25) is 0 Å². The van der Waals surface area contributed by atoms with Crippen LogP contribution in [0.3, 0.4) is 0 Å². The standard InChI is InChI=1S/C25H22O2/c1-25(2,3)27-24(26)23-20-14-16-13-12-15-8-5-4-6-9-17(15)18-10-7-11-19(21(16)18)22(20)23/h4-13,23H,14H2,1-3H3. The van der Waals surface area contributed by atoms with E-state index in [2.05, 4.69) is 60.7 Å². The predicted octanol–water partition coefficient (Wildman–Crippen LogP) is 5.65. The molecule has 1 aromatic rings. The molecule has 0 saturated heterocycles. The molecular formula is C25H22O2. The van der Waals surface area contributed by atoms with Crippen LogP contribution in [0.1, 0.15) is 43.9 Å². The maximum atomic E-state index is 12.7. The van der Waals surface area contributed by atoms with E-state index >= 15 is 0 Å². The number of allylic oxidation sites excluding steroid dienone is 10. The Labute approximate surface area is 159 Å². The first-order chi connectivity index (χ1) is 12.9. The van der Waals surface area contributed by atoms with E-state index in [0.717, 1.165) is 6.42 Å². The Balaban J connectivity index is 1.60. The van der Waals surface area contributed by atoms with Gasteiger partial charge in [0, 0.05) is 0 Å². The van der Waals surface area contributed by atoms with Crippen LogP contribution in [0.15, 0.2) is 71.9 Å². The summed E-state index contributed by atoms with van der Waals surface area (Å²) in [6.45, 7) is 5.77. The first kappa shape index (κ1) is 16.3. The quantitative estimate of drug-likeness (QED) is 0.609. The van der Waals surface area contributed by atoms with Gasteiger partial charge in [0.1, 0.15) is 11.5 Å². The first-order valence-corrected chi connectivity index (χ1v) is 9.50. The second-order valence-electron chi connectivity index (χ2n) is 8.45. The molecule has 0 N–H and O–H groups in total. The van der Waals surface area contributed by atoms with Crippen LogP contribution in [0, 0.1) is 5.92 Å². The van der Waals surface area contributed by atoms with Crippen molar-refractivity contribution in [3.63, 3.8) is 0 Å². The SMILES string of the molecule is CC(C)(C)OC(=O)C1C2=C1c1cccc3c1C(=CC=C1C=CC=CC=C13)C2. The molecule has 0 aliphatic heterocycles. The lowest BCUT2D eigenvalue weighted by Gasteiger charge is -2.20. The Bertz CT molecular complexity index is 1060. The molecule has 0 fully saturated rings. The highest BCUT2D eigenvalue weighted by molar-refractivity contribution is 6.11. The zero-order chi connectivity index (χ0) is 18.8. The molecule has 134 valence electrons. The molecule has 0 heterocycles. The monoisotopic (exact) mass is 354 g/mol. The Morgan fingerprint density at radius 2 is 1.85 bits per heavy atom. The molecule has 0 amide bonds. The molecule has 0 saturated carbocycles. The molecule has 4 aliphatic carbocycles. The van der Waals surface area contributed by atoms with Crippen LogP contribution in [-0.4, -0.2) is 11.6 Å². The van der Waals surface area contributed by atoms with Crippen molar-refractivity contribution in [2.75, 3.05) is 0 Å². The average molecular weight is 354 g/mol. The normalized spacial score (nSPS) is 21.7. The van der Waals surface area contributed by atoms with Gasteiger partial charge in [-0.25, -0.2) is 0 Å². The van der Waals surface area contributed by atoms with Gasteiger partial charge in [0.05, 0.1) is 0 Å². The predicted molar refractivity (Wildman–Crippen MR) is 110 cm³/mol. The second kappa shape index (κ2) is 5.56. The number of rotatable bonds is 1. The van der Waals surface area contributed by atoms with Gasteiger partial charge in [-0.2, -0.15) is 0 Å².